The van der Waals surface area contributed by atoms with Gasteiger partial charge in [-0.15, -0.1) is 11.3 Å². The van der Waals surface area contributed by atoms with Crippen LogP contribution in [-0.2, 0) is 11.3 Å². The zero-order valence-corrected chi connectivity index (χ0v) is 11.8. The summed E-state index contributed by atoms with van der Waals surface area (Å²) in [5.74, 6) is -0.603. The Kier molecular flexibility index (Phi) is 4.74. The summed E-state index contributed by atoms with van der Waals surface area (Å²) in [5.41, 5.74) is 0. The minimum absolute atomic E-state index is 0.173. The second-order valence-electron chi connectivity index (χ2n) is 5.04. The molecule has 1 aliphatic rings. The third kappa shape index (κ3) is 4.16. The number of likely N-dealkylation sites (tertiary alicyclic amines) is 1. The molecule has 4 nitrogen and oxygen atoms in total. The number of aliphatic hydroxyl groups excluding tert-OH is 1. The highest BCUT2D eigenvalue weighted by Crippen LogP contribution is 2.23. The van der Waals surface area contributed by atoms with Crippen LogP contribution in [0, 0.1) is 5.92 Å². The van der Waals surface area contributed by atoms with Crippen LogP contribution in [0.1, 0.15) is 23.1 Å². The number of aliphatic carboxylic acids is 1. The number of carbonyl (C=O) groups is 1. The normalized spacial score (nSPS) is 24.9. The molecule has 2 heterocycles. The quantitative estimate of drug-likeness (QED) is 0.829. The van der Waals surface area contributed by atoms with Gasteiger partial charge in [0.15, 0.2) is 0 Å². The summed E-state index contributed by atoms with van der Waals surface area (Å²) in [6.45, 7) is 4.79. The maximum atomic E-state index is 10.4. The molecule has 1 aromatic rings. The van der Waals surface area contributed by atoms with E-state index < -0.39 is 5.97 Å². The maximum absolute atomic E-state index is 10.4. The van der Waals surface area contributed by atoms with Crippen LogP contribution in [0.4, 0.5) is 0 Å². The van der Waals surface area contributed by atoms with Crippen molar-refractivity contribution < 1.29 is 15.0 Å². The highest BCUT2D eigenvalue weighted by Gasteiger charge is 2.24. The number of carboxylic acids is 1. The van der Waals surface area contributed by atoms with Gasteiger partial charge in [0.2, 0.25) is 0 Å². The van der Waals surface area contributed by atoms with Crippen molar-refractivity contribution in [1.82, 2.24) is 4.90 Å². The van der Waals surface area contributed by atoms with Gasteiger partial charge in [0.05, 0.1) is 6.10 Å². The molecule has 0 amide bonds. The van der Waals surface area contributed by atoms with Gasteiger partial charge in [-0.2, -0.15) is 0 Å². The second kappa shape index (κ2) is 6.32. The maximum Gasteiger partial charge on any atom is 0.328 e. The fourth-order valence-electron chi connectivity index (χ4n) is 2.31. The average molecular weight is 281 g/mol. The number of carboxylic acid groups (broad SMARTS) is 1. The van der Waals surface area contributed by atoms with Gasteiger partial charge < -0.3 is 10.2 Å². The van der Waals surface area contributed by atoms with E-state index in [1.165, 1.54) is 4.88 Å². The fraction of sp³-hybridized carbons (Fsp3) is 0.500. The van der Waals surface area contributed by atoms with Crippen LogP contribution in [0.3, 0.4) is 0 Å². The lowest BCUT2D eigenvalue weighted by molar-refractivity contribution is -0.131. The minimum atomic E-state index is -0.922. The molecule has 2 unspecified atom stereocenters. The van der Waals surface area contributed by atoms with E-state index in [0.717, 1.165) is 37.0 Å². The summed E-state index contributed by atoms with van der Waals surface area (Å²) in [4.78, 5) is 15.0. The van der Waals surface area contributed by atoms with Crippen molar-refractivity contribution in [2.75, 3.05) is 13.1 Å². The Morgan fingerprint density at radius 3 is 3.05 bits per heavy atom. The Bertz CT molecular complexity index is 469. The Hall–Kier alpha value is -1.17. The van der Waals surface area contributed by atoms with Crippen molar-refractivity contribution in [3.05, 3.63) is 28.0 Å². The molecule has 0 aromatic carbocycles. The van der Waals surface area contributed by atoms with Crippen LogP contribution in [-0.4, -0.2) is 40.3 Å². The molecule has 0 saturated carbocycles. The summed E-state index contributed by atoms with van der Waals surface area (Å²) in [6, 6.07) is 3.99. The van der Waals surface area contributed by atoms with Crippen molar-refractivity contribution in [3.63, 3.8) is 0 Å². The summed E-state index contributed by atoms with van der Waals surface area (Å²) in [7, 11) is 0. The minimum Gasteiger partial charge on any atom is -0.478 e. The number of hydrogen-bond acceptors (Lipinski definition) is 4. The third-order valence-corrected chi connectivity index (χ3v) is 4.43. The summed E-state index contributed by atoms with van der Waals surface area (Å²) in [6.07, 6.45) is 3.44. The average Bonchev–Trinajstić information content (AvgIpc) is 2.79. The van der Waals surface area contributed by atoms with Gasteiger partial charge in [-0.05, 0) is 30.5 Å². The number of hydrogen-bond donors (Lipinski definition) is 2. The van der Waals surface area contributed by atoms with Crippen LogP contribution < -0.4 is 0 Å². The van der Waals surface area contributed by atoms with Crippen molar-refractivity contribution >= 4 is 23.4 Å². The third-order valence-electron chi connectivity index (χ3n) is 3.40. The van der Waals surface area contributed by atoms with E-state index in [-0.39, 0.29) is 6.10 Å². The summed E-state index contributed by atoms with van der Waals surface area (Å²) < 4.78 is 0. The molecule has 5 heteroatoms. The molecule has 0 spiro atoms. The van der Waals surface area contributed by atoms with Gasteiger partial charge in [0.1, 0.15) is 0 Å². The molecular weight excluding hydrogens is 262 g/mol. The number of thiophene rings is 1. The Balaban J connectivity index is 1.91. The van der Waals surface area contributed by atoms with Crippen molar-refractivity contribution in [3.8, 4) is 0 Å². The molecule has 2 N–H and O–H groups in total. The van der Waals surface area contributed by atoms with Crippen molar-refractivity contribution in [2.24, 2.45) is 5.92 Å². The zero-order chi connectivity index (χ0) is 13.8. The highest BCUT2D eigenvalue weighted by molar-refractivity contribution is 7.12. The van der Waals surface area contributed by atoms with Crippen LogP contribution in [0.2, 0.25) is 0 Å². The number of piperidine rings is 1. The molecule has 1 aliphatic heterocycles. The van der Waals surface area contributed by atoms with Gasteiger partial charge in [-0.25, -0.2) is 4.79 Å². The van der Waals surface area contributed by atoms with E-state index >= 15 is 0 Å². The lowest BCUT2D eigenvalue weighted by atomic mass is 9.97. The molecule has 1 saturated heterocycles. The topological polar surface area (TPSA) is 60.8 Å². The first-order valence-corrected chi connectivity index (χ1v) is 7.26. The Morgan fingerprint density at radius 1 is 1.58 bits per heavy atom. The van der Waals surface area contributed by atoms with Crippen LogP contribution >= 0.6 is 11.3 Å². The van der Waals surface area contributed by atoms with E-state index in [2.05, 4.69) is 11.8 Å². The summed E-state index contributed by atoms with van der Waals surface area (Å²) in [5, 5.41) is 18.3. The van der Waals surface area contributed by atoms with Crippen molar-refractivity contribution in [2.45, 2.75) is 26.0 Å². The van der Waals surface area contributed by atoms with Crippen LogP contribution in [0.25, 0.3) is 6.08 Å². The van der Waals surface area contributed by atoms with E-state index in [1.807, 2.05) is 12.1 Å². The van der Waals surface area contributed by atoms with E-state index in [9.17, 15) is 9.90 Å². The van der Waals surface area contributed by atoms with Crippen LogP contribution in [0.5, 0.6) is 0 Å². The zero-order valence-electron chi connectivity index (χ0n) is 11.0. The first-order chi connectivity index (χ1) is 9.04. The van der Waals surface area contributed by atoms with E-state index in [4.69, 9.17) is 5.11 Å². The van der Waals surface area contributed by atoms with Gasteiger partial charge >= 0.3 is 5.97 Å². The standard InChI is InChI=1S/C14H19NO3S/c1-10-8-15(7-6-13(10)16)9-12-3-2-11(19-12)4-5-14(17)18/h2-5,10,13,16H,6-9H2,1H3,(H,17,18)/b5-4+. The monoisotopic (exact) mass is 281 g/mol. The lowest BCUT2D eigenvalue weighted by Gasteiger charge is -2.34. The number of nitrogens with zero attached hydrogens (tertiary/aromatic N) is 1. The van der Waals surface area contributed by atoms with Crippen LogP contribution in [0.15, 0.2) is 18.2 Å². The molecule has 19 heavy (non-hydrogen) atoms. The van der Waals surface area contributed by atoms with Crippen molar-refractivity contribution in [1.29, 1.82) is 0 Å². The first kappa shape index (κ1) is 14.2. The highest BCUT2D eigenvalue weighted by atomic mass is 32.1. The predicted molar refractivity (Wildman–Crippen MR) is 76.1 cm³/mol. The molecule has 2 rings (SSSR count). The SMILES string of the molecule is CC1CN(Cc2ccc(/C=C/C(=O)O)s2)CCC1O. The predicted octanol–water partition coefficient (Wildman–Crippen LogP) is 2.05. The largest absolute Gasteiger partial charge is 0.478 e. The molecule has 0 aliphatic carbocycles. The molecule has 0 bridgehead atoms. The Labute approximate surface area is 117 Å². The molecule has 1 aromatic heterocycles. The molecule has 0 radical (unpaired) electrons. The lowest BCUT2D eigenvalue weighted by Crippen LogP contribution is -2.41. The summed E-state index contributed by atoms with van der Waals surface area (Å²) >= 11 is 1.62. The molecular formula is C14H19NO3S. The van der Waals surface area contributed by atoms with Gasteiger partial charge in [0, 0.05) is 35.5 Å². The van der Waals surface area contributed by atoms with E-state index in [1.54, 1.807) is 17.4 Å². The molecule has 1 fully saturated rings. The first-order valence-electron chi connectivity index (χ1n) is 6.44. The smallest absolute Gasteiger partial charge is 0.328 e. The van der Waals surface area contributed by atoms with Gasteiger partial charge in [0.25, 0.3) is 0 Å². The molecule has 2 atom stereocenters. The van der Waals surface area contributed by atoms with E-state index in [0.29, 0.717) is 5.92 Å². The Morgan fingerprint density at radius 2 is 2.37 bits per heavy atom. The second-order valence-corrected chi connectivity index (χ2v) is 6.24. The number of rotatable bonds is 4. The number of aliphatic hydroxyl groups is 1. The molecule has 104 valence electrons. The fourth-order valence-corrected chi connectivity index (χ4v) is 3.26. The van der Waals surface area contributed by atoms with Gasteiger partial charge in [-0.1, -0.05) is 6.92 Å². The van der Waals surface area contributed by atoms with Gasteiger partial charge in [-0.3, -0.25) is 4.90 Å².